The largest absolute Gasteiger partial charge is 0.410 e. The van der Waals surface area contributed by atoms with Crippen molar-refractivity contribution in [3.8, 4) is 0 Å². The van der Waals surface area contributed by atoms with Crippen molar-refractivity contribution in [1.29, 1.82) is 0 Å². The van der Waals surface area contributed by atoms with E-state index in [-0.39, 0.29) is 0 Å². The highest BCUT2D eigenvalue weighted by atomic mass is 29.3. The lowest BCUT2D eigenvalue weighted by Gasteiger charge is -2.44. The number of hydrogen-bond acceptors (Lipinski definition) is 1. The minimum absolute atomic E-state index is 0.393. The van der Waals surface area contributed by atoms with Crippen molar-refractivity contribution in [2.24, 2.45) is 5.92 Å². The first kappa shape index (κ1) is 22.5. The summed E-state index contributed by atoms with van der Waals surface area (Å²) in [7, 11) is -4.56. The summed E-state index contributed by atoms with van der Waals surface area (Å²) in [6, 6.07) is 33.1. The lowest BCUT2D eigenvalue weighted by molar-refractivity contribution is 0.291. The van der Waals surface area contributed by atoms with Crippen molar-refractivity contribution >= 4 is 31.0 Å². The molecule has 0 aliphatic carbocycles. The summed E-state index contributed by atoms with van der Waals surface area (Å²) in [5, 5.41) is 4.22. The fourth-order valence-electron chi connectivity index (χ4n) is 4.32. The third-order valence-corrected chi connectivity index (χ3v) is 20.7. The van der Waals surface area contributed by atoms with Crippen LogP contribution in [0, 0.1) is 5.92 Å². The first-order valence-electron chi connectivity index (χ1n) is 11.0. The quantitative estimate of drug-likeness (QED) is 0.341. The molecule has 156 valence electrons. The molecule has 0 spiro atoms. The fraction of sp³-hybridized carbons (Fsp3) is 0.259. The van der Waals surface area contributed by atoms with Crippen LogP contribution in [0.1, 0.15) is 20.3 Å². The molecule has 0 aliphatic rings. The van der Waals surface area contributed by atoms with Crippen LogP contribution in [0.4, 0.5) is 0 Å². The van der Waals surface area contributed by atoms with E-state index in [4.69, 9.17) is 4.43 Å². The summed E-state index contributed by atoms with van der Waals surface area (Å²) in [5.41, 5.74) is 0. The van der Waals surface area contributed by atoms with Crippen LogP contribution in [0.3, 0.4) is 0 Å². The van der Waals surface area contributed by atoms with Gasteiger partial charge in [-0.25, -0.2) is 0 Å². The van der Waals surface area contributed by atoms with Gasteiger partial charge in [0.05, 0.1) is 0 Å². The lowest BCUT2D eigenvalue weighted by Crippen LogP contribution is -2.80. The van der Waals surface area contributed by atoms with Gasteiger partial charge in [-0.1, -0.05) is 135 Å². The average Bonchev–Trinajstić information content (AvgIpc) is 2.80. The fourth-order valence-corrected chi connectivity index (χ4v) is 18.4. The van der Waals surface area contributed by atoms with E-state index in [0.717, 1.165) is 13.0 Å². The molecule has 0 heterocycles. The number of hydrogen-bond donors (Lipinski definition) is 0. The molecule has 1 nitrogen and oxygen atoms in total. The normalized spacial score (nSPS) is 13.5. The van der Waals surface area contributed by atoms with E-state index in [9.17, 15) is 0 Å². The molecule has 0 amide bonds. The molecule has 1 atom stereocenters. The second-order valence-corrected chi connectivity index (χ2v) is 21.0. The maximum absolute atomic E-state index is 7.23. The highest BCUT2D eigenvalue weighted by Crippen LogP contribution is 2.23. The molecule has 3 aromatic carbocycles. The van der Waals surface area contributed by atoms with Crippen molar-refractivity contribution in [3.05, 3.63) is 103 Å². The van der Waals surface area contributed by atoms with Crippen LogP contribution in [0.2, 0.25) is 13.1 Å². The number of benzene rings is 3. The van der Waals surface area contributed by atoms with Gasteiger partial charge in [0.1, 0.15) is 7.59 Å². The van der Waals surface area contributed by atoms with Gasteiger partial charge in [0, 0.05) is 6.61 Å². The molecule has 0 aliphatic heterocycles. The van der Waals surface area contributed by atoms with Gasteiger partial charge in [-0.15, -0.1) is 0 Å². The first-order chi connectivity index (χ1) is 14.5. The Morgan fingerprint density at radius 3 is 1.60 bits per heavy atom. The SMILES string of the molecule is CC/C=C\C(C)CO[Si](c1ccccc1)(c1ccccc1)[Si](C)(C)c1ccccc1. The highest BCUT2D eigenvalue weighted by Gasteiger charge is 2.55. The Labute approximate surface area is 184 Å². The summed E-state index contributed by atoms with van der Waals surface area (Å²) in [4.78, 5) is 0. The Bertz CT molecular complexity index is 881. The monoisotopic (exact) mass is 430 g/mol. The molecule has 0 saturated heterocycles. The maximum atomic E-state index is 7.23. The van der Waals surface area contributed by atoms with Crippen LogP contribution in [0.15, 0.2) is 103 Å². The van der Waals surface area contributed by atoms with Crippen LogP contribution < -0.4 is 15.6 Å². The zero-order chi connectivity index (χ0) is 21.5. The molecular weight excluding hydrogens is 396 g/mol. The van der Waals surface area contributed by atoms with Gasteiger partial charge in [-0.3, -0.25) is 0 Å². The lowest BCUT2D eigenvalue weighted by atomic mass is 10.2. The first-order valence-corrected chi connectivity index (χ1v) is 16.9. The minimum Gasteiger partial charge on any atom is -0.410 e. The van der Waals surface area contributed by atoms with Gasteiger partial charge in [-0.05, 0) is 22.7 Å². The Morgan fingerprint density at radius 2 is 1.17 bits per heavy atom. The van der Waals surface area contributed by atoms with Crippen LogP contribution in [-0.2, 0) is 4.43 Å². The summed E-state index contributed by atoms with van der Waals surface area (Å²) in [5.74, 6) is 0.393. The Morgan fingerprint density at radius 1 is 0.733 bits per heavy atom. The topological polar surface area (TPSA) is 9.23 Å². The molecule has 3 aromatic rings. The summed E-state index contributed by atoms with van der Waals surface area (Å²) in [6.07, 6.45) is 5.61. The summed E-state index contributed by atoms with van der Waals surface area (Å²) < 4.78 is 7.23. The van der Waals surface area contributed by atoms with Crippen molar-refractivity contribution < 1.29 is 4.43 Å². The van der Waals surface area contributed by atoms with Gasteiger partial charge in [0.2, 0.25) is 7.83 Å². The van der Waals surface area contributed by atoms with Crippen molar-refractivity contribution in [1.82, 2.24) is 0 Å². The van der Waals surface area contributed by atoms with E-state index in [1.165, 1.54) is 15.6 Å². The van der Waals surface area contributed by atoms with Crippen molar-refractivity contribution in [2.45, 2.75) is 33.4 Å². The molecule has 0 saturated carbocycles. The number of rotatable bonds is 9. The van der Waals surface area contributed by atoms with E-state index in [1.807, 2.05) is 0 Å². The van der Waals surface area contributed by atoms with Crippen LogP contribution >= 0.6 is 0 Å². The van der Waals surface area contributed by atoms with Crippen molar-refractivity contribution in [3.63, 3.8) is 0 Å². The predicted octanol–water partition coefficient (Wildman–Crippen LogP) is 5.06. The van der Waals surface area contributed by atoms with Crippen LogP contribution in [-0.4, -0.2) is 22.0 Å². The van der Waals surface area contributed by atoms with Gasteiger partial charge in [0.25, 0.3) is 0 Å². The van der Waals surface area contributed by atoms with E-state index in [1.54, 1.807) is 0 Å². The van der Waals surface area contributed by atoms with E-state index in [0.29, 0.717) is 5.92 Å². The highest BCUT2D eigenvalue weighted by molar-refractivity contribution is 7.52. The van der Waals surface area contributed by atoms with Crippen molar-refractivity contribution in [2.75, 3.05) is 6.61 Å². The zero-order valence-corrected chi connectivity index (χ0v) is 20.7. The van der Waals surface area contributed by atoms with Crippen LogP contribution in [0.5, 0.6) is 0 Å². The van der Waals surface area contributed by atoms with Gasteiger partial charge < -0.3 is 4.43 Å². The molecule has 0 fully saturated rings. The van der Waals surface area contributed by atoms with E-state index >= 15 is 0 Å². The summed E-state index contributed by atoms with van der Waals surface area (Å²) in [6.45, 7) is 10.2. The molecule has 3 rings (SSSR count). The molecule has 0 N–H and O–H groups in total. The van der Waals surface area contributed by atoms with E-state index in [2.05, 4.69) is 130 Å². The van der Waals surface area contributed by atoms with Gasteiger partial charge in [0.15, 0.2) is 0 Å². The molecule has 0 radical (unpaired) electrons. The molecule has 0 bridgehead atoms. The zero-order valence-electron chi connectivity index (χ0n) is 18.7. The van der Waals surface area contributed by atoms with Gasteiger partial charge >= 0.3 is 0 Å². The third-order valence-electron chi connectivity index (χ3n) is 6.00. The van der Waals surface area contributed by atoms with Crippen LogP contribution in [0.25, 0.3) is 0 Å². The van der Waals surface area contributed by atoms with E-state index < -0.39 is 15.4 Å². The Balaban J connectivity index is 2.20. The predicted molar refractivity (Wildman–Crippen MR) is 136 cm³/mol. The minimum atomic E-state index is -2.51. The molecule has 0 aromatic heterocycles. The Hall–Kier alpha value is -2.21. The smallest absolute Gasteiger partial charge is 0.245 e. The average molecular weight is 431 g/mol. The maximum Gasteiger partial charge on any atom is 0.245 e. The molecule has 30 heavy (non-hydrogen) atoms. The standard InChI is InChI=1S/C27H34OSi2/c1-5-6-16-24(2)23-28-30(26-19-12-8-13-20-26,27-21-14-9-15-22-27)29(3,4)25-17-10-7-11-18-25/h6-22,24H,5,23H2,1-4H3/b16-6-. The Kier molecular flexibility index (Phi) is 7.65. The molecule has 3 heteroatoms. The third kappa shape index (κ3) is 4.59. The molecular formula is C27H34OSi2. The second kappa shape index (κ2) is 10.2. The second-order valence-electron chi connectivity index (χ2n) is 8.53. The van der Waals surface area contributed by atoms with Gasteiger partial charge in [-0.2, -0.15) is 0 Å². The number of allylic oxidation sites excluding steroid dienone is 1. The summed E-state index contributed by atoms with van der Waals surface area (Å²) >= 11 is 0. The molecule has 1 unspecified atom stereocenters.